The molecular weight excluding hydrogens is 427 g/mol. The molecule has 3 amide bonds. The quantitative estimate of drug-likeness (QED) is 0.569. The van der Waals surface area contributed by atoms with Crippen LogP contribution in [0.3, 0.4) is 0 Å². The number of carbonyl (C=O) groups excluding carboxylic acids is 3. The van der Waals surface area contributed by atoms with Crippen molar-refractivity contribution in [3.05, 3.63) is 58.6 Å². The summed E-state index contributed by atoms with van der Waals surface area (Å²) in [5.74, 6) is -1.39. The average Bonchev–Trinajstić information content (AvgIpc) is 2.69. The summed E-state index contributed by atoms with van der Waals surface area (Å²) in [5, 5.41) is 5.74. The Morgan fingerprint density at radius 2 is 1.94 bits per heavy atom. The molecule has 1 aromatic carbocycles. The number of pyridine rings is 1. The van der Waals surface area contributed by atoms with Crippen LogP contribution in [0.4, 0.5) is 4.39 Å². The fourth-order valence-electron chi connectivity index (χ4n) is 4.24. The van der Waals surface area contributed by atoms with E-state index in [1.165, 1.54) is 18.3 Å². The number of primary amides is 1. The summed E-state index contributed by atoms with van der Waals surface area (Å²) in [5.41, 5.74) is 5.24. The van der Waals surface area contributed by atoms with E-state index in [2.05, 4.69) is 15.6 Å². The molecule has 0 unspecified atom stereocenters. The summed E-state index contributed by atoms with van der Waals surface area (Å²) >= 11 is 5.61. The van der Waals surface area contributed by atoms with Crippen molar-refractivity contribution >= 4 is 29.3 Å². The summed E-state index contributed by atoms with van der Waals surface area (Å²) < 4.78 is 18.7. The van der Waals surface area contributed by atoms with Crippen LogP contribution in [0, 0.1) is 11.2 Å². The number of benzene rings is 1. The average molecular weight is 447 g/mol. The zero-order valence-corrected chi connectivity index (χ0v) is 17.2. The monoisotopic (exact) mass is 446 g/mol. The summed E-state index contributed by atoms with van der Waals surface area (Å²) in [6, 6.07) is 7.15. The lowest BCUT2D eigenvalue weighted by molar-refractivity contribution is -0.184. The molecular formula is C21H20ClFN4O4. The lowest BCUT2D eigenvalue weighted by Crippen LogP contribution is -2.78. The molecule has 0 atom stereocenters. The summed E-state index contributed by atoms with van der Waals surface area (Å²) in [7, 11) is 0. The molecule has 31 heavy (non-hydrogen) atoms. The number of halogens is 2. The smallest absolute Gasteiger partial charge is 0.258 e. The van der Waals surface area contributed by atoms with Gasteiger partial charge in [0.25, 0.3) is 5.91 Å². The molecule has 162 valence electrons. The maximum Gasteiger partial charge on any atom is 0.258 e. The van der Waals surface area contributed by atoms with Crippen molar-refractivity contribution in [3.63, 3.8) is 0 Å². The first-order valence-corrected chi connectivity index (χ1v) is 10.0. The van der Waals surface area contributed by atoms with Crippen LogP contribution in [0.1, 0.15) is 35.3 Å². The lowest BCUT2D eigenvalue weighted by Gasteiger charge is -2.69. The van der Waals surface area contributed by atoms with Gasteiger partial charge in [-0.3, -0.25) is 19.4 Å². The van der Waals surface area contributed by atoms with Crippen LogP contribution in [-0.2, 0) is 16.1 Å². The summed E-state index contributed by atoms with van der Waals surface area (Å²) in [6.45, 7) is -0.0144. The van der Waals surface area contributed by atoms with Crippen molar-refractivity contribution in [1.82, 2.24) is 15.6 Å². The molecule has 2 aromatic rings. The molecule has 2 bridgehead atoms. The maximum atomic E-state index is 13.4. The van der Waals surface area contributed by atoms with Gasteiger partial charge in [0.05, 0.1) is 28.2 Å². The molecule has 0 radical (unpaired) electrons. The summed E-state index contributed by atoms with van der Waals surface area (Å²) in [6.07, 6.45) is 3.04. The van der Waals surface area contributed by atoms with Gasteiger partial charge >= 0.3 is 0 Å². The summed E-state index contributed by atoms with van der Waals surface area (Å²) in [4.78, 5) is 39.9. The SMILES string of the molecule is NC(=O)c1ccc(CNC(=O)C23CC(NC(=O)COc4ccc(Cl)c(F)c4)(C2)C3)nc1. The first kappa shape index (κ1) is 21.0. The number of amides is 3. The molecule has 1 aromatic heterocycles. The Kier molecular flexibility index (Phi) is 5.30. The van der Waals surface area contributed by atoms with Crippen molar-refractivity contribution in [3.8, 4) is 5.75 Å². The van der Waals surface area contributed by atoms with Gasteiger partial charge in [-0.2, -0.15) is 0 Å². The normalized spacial score (nSPS) is 23.2. The minimum absolute atomic E-state index is 0.0206. The fourth-order valence-corrected chi connectivity index (χ4v) is 4.36. The van der Waals surface area contributed by atoms with Crippen LogP contribution in [0.15, 0.2) is 36.5 Å². The number of nitrogens with two attached hydrogens (primary N) is 1. The van der Waals surface area contributed by atoms with Gasteiger partial charge in [0.15, 0.2) is 6.61 Å². The second kappa shape index (κ2) is 7.81. The van der Waals surface area contributed by atoms with Gasteiger partial charge in [0, 0.05) is 17.8 Å². The number of hydrogen-bond donors (Lipinski definition) is 3. The van der Waals surface area contributed by atoms with Gasteiger partial charge in [0.1, 0.15) is 11.6 Å². The zero-order valence-electron chi connectivity index (χ0n) is 16.4. The largest absolute Gasteiger partial charge is 0.484 e. The van der Waals surface area contributed by atoms with E-state index < -0.39 is 17.1 Å². The van der Waals surface area contributed by atoms with Gasteiger partial charge in [0.2, 0.25) is 11.8 Å². The third-order valence-corrected chi connectivity index (χ3v) is 6.02. The Balaban J connectivity index is 1.20. The number of aromatic nitrogens is 1. The molecule has 3 fully saturated rings. The highest BCUT2D eigenvalue weighted by molar-refractivity contribution is 6.30. The highest BCUT2D eigenvalue weighted by Gasteiger charge is 2.72. The van der Waals surface area contributed by atoms with E-state index in [1.807, 2.05) is 0 Å². The predicted molar refractivity (Wildman–Crippen MR) is 109 cm³/mol. The molecule has 10 heteroatoms. The van der Waals surface area contributed by atoms with Gasteiger partial charge in [-0.25, -0.2) is 4.39 Å². The molecule has 3 aliphatic carbocycles. The Hall–Kier alpha value is -3.20. The highest BCUT2D eigenvalue weighted by Crippen LogP contribution is 2.67. The third kappa shape index (κ3) is 4.18. The molecule has 5 rings (SSSR count). The predicted octanol–water partition coefficient (Wildman–Crippen LogP) is 1.71. The van der Waals surface area contributed by atoms with Crippen molar-refractivity contribution < 1.29 is 23.5 Å². The highest BCUT2D eigenvalue weighted by atomic mass is 35.5. The van der Waals surface area contributed by atoms with Crippen molar-refractivity contribution in [2.45, 2.75) is 31.3 Å². The van der Waals surface area contributed by atoms with Gasteiger partial charge < -0.3 is 21.1 Å². The van der Waals surface area contributed by atoms with E-state index in [-0.39, 0.29) is 41.3 Å². The fraction of sp³-hybridized carbons (Fsp3) is 0.333. The van der Waals surface area contributed by atoms with Gasteiger partial charge in [-0.1, -0.05) is 11.6 Å². The molecule has 0 aliphatic heterocycles. The Labute approximate surface area is 182 Å². The minimum Gasteiger partial charge on any atom is -0.484 e. The van der Waals surface area contributed by atoms with Crippen LogP contribution < -0.4 is 21.1 Å². The van der Waals surface area contributed by atoms with E-state index in [4.69, 9.17) is 22.1 Å². The number of ether oxygens (including phenoxy) is 1. The van der Waals surface area contributed by atoms with Crippen LogP contribution in [0.2, 0.25) is 5.02 Å². The molecule has 1 heterocycles. The van der Waals surface area contributed by atoms with E-state index >= 15 is 0 Å². The molecule has 0 saturated heterocycles. The van der Waals surface area contributed by atoms with E-state index in [0.29, 0.717) is 30.5 Å². The zero-order chi connectivity index (χ0) is 22.2. The number of rotatable bonds is 8. The lowest BCUT2D eigenvalue weighted by atomic mass is 9.39. The molecule has 3 aliphatic rings. The second-order valence-electron chi connectivity index (χ2n) is 8.09. The van der Waals surface area contributed by atoms with Crippen LogP contribution in [-0.4, -0.2) is 34.9 Å². The molecule has 4 N–H and O–H groups in total. The number of nitrogens with one attached hydrogen (secondary N) is 2. The van der Waals surface area contributed by atoms with E-state index in [9.17, 15) is 18.8 Å². The second-order valence-corrected chi connectivity index (χ2v) is 8.50. The Morgan fingerprint density at radius 3 is 2.55 bits per heavy atom. The topological polar surface area (TPSA) is 123 Å². The minimum atomic E-state index is -0.619. The van der Waals surface area contributed by atoms with Crippen molar-refractivity contribution in [2.24, 2.45) is 11.1 Å². The first-order valence-electron chi connectivity index (χ1n) is 9.62. The van der Waals surface area contributed by atoms with Gasteiger partial charge in [-0.15, -0.1) is 0 Å². The first-order chi connectivity index (χ1) is 14.7. The number of carbonyl (C=O) groups is 3. The number of nitrogens with zero attached hydrogens (tertiary/aromatic N) is 1. The van der Waals surface area contributed by atoms with E-state index in [1.54, 1.807) is 12.1 Å². The Bertz CT molecular complexity index is 1040. The van der Waals surface area contributed by atoms with Crippen LogP contribution >= 0.6 is 11.6 Å². The Morgan fingerprint density at radius 1 is 1.19 bits per heavy atom. The number of hydrogen-bond acceptors (Lipinski definition) is 5. The molecule has 8 nitrogen and oxygen atoms in total. The van der Waals surface area contributed by atoms with Crippen molar-refractivity contribution in [2.75, 3.05) is 6.61 Å². The van der Waals surface area contributed by atoms with Crippen LogP contribution in [0.25, 0.3) is 0 Å². The van der Waals surface area contributed by atoms with Gasteiger partial charge in [-0.05, 0) is 43.5 Å². The van der Waals surface area contributed by atoms with Crippen molar-refractivity contribution in [1.29, 1.82) is 0 Å². The molecule has 0 spiro atoms. The standard InChI is InChI=1S/C21H20ClFN4O4/c22-15-4-3-14(5-16(15)23)31-8-17(28)27-21-9-20(10-21,11-21)19(30)26-7-13-2-1-12(6-25-13)18(24)29/h1-6H,7-11H2,(H2,24,29)(H,26,30)(H,27,28). The maximum absolute atomic E-state index is 13.4. The third-order valence-electron chi connectivity index (χ3n) is 5.72. The van der Waals surface area contributed by atoms with Crippen LogP contribution in [0.5, 0.6) is 5.75 Å². The van der Waals surface area contributed by atoms with E-state index in [0.717, 1.165) is 6.07 Å². The molecule has 3 saturated carbocycles.